The second-order valence-electron chi connectivity index (χ2n) is 5.32. The molecule has 1 aromatic heterocycles. The van der Waals surface area contributed by atoms with Crippen molar-refractivity contribution in [2.24, 2.45) is 0 Å². The van der Waals surface area contributed by atoms with E-state index in [0.717, 1.165) is 11.1 Å². The number of anilines is 1. The first-order valence-electron chi connectivity index (χ1n) is 7.43. The van der Waals surface area contributed by atoms with E-state index in [0.29, 0.717) is 24.6 Å². The van der Waals surface area contributed by atoms with Gasteiger partial charge in [-0.3, -0.25) is 4.79 Å². The zero-order valence-corrected chi connectivity index (χ0v) is 12.7. The lowest BCUT2D eigenvalue weighted by Gasteiger charge is -2.10. The van der Waals surface area contributed by atoms with Crippen LogP contribution in [0.15, 0.2) is 77.7 Å². The normalized spacial score (nSPS) is 10.4. The number of hydrogen-bond acceptors (Lipinski definition) is 3. The highest BCUT2D eigenvalue weighted by molar-refractivity contribution is 5.39. The molecule has 4 nitrogen and oxygen atoms in total. The minimum absolute atomic E-state index is 0.139. The van der Waals surface area contributed by atoms with Crippen LogP contribution in [-0.2, 0) is 13.2 Å². The Kier molecular flexibility index (Phi) is 4.43. The quantitative estimate of drug-likeness (QED) is 0.737. The van der Waals surface area contributed by atoms with Gasteiger partial charge in [0.25, 0.3) is 5.56 Å². The number of rotatable bonds is 5. The maximum Gasteiger partial charge on any atom is 0.293 e. The molecule has 23 heavy (non-hydrogen) atoms. The number of benzene rings is 2. The second-order valence-corrected chi connectivity index (χ2v) is 5.32. The molecule has 0 spiro atoms. The molecule has 3 aromatic rings. The zero-order chi connectivity index (χ0) is 16.1. The van der Waals surface area contributed by atoms with E-state index in [1.54, 1.807) is 16.8 Å². The molecular weight excluding hydrogens is 288 g/mol. The van der Waals surface area contributed by atoms with Crippen LogP contribution in [0.25, 0.3) is 0 Å². The van der Waals surface area contributed by atoms with Crippen molar-refractivity contribution in [1.29, 1.82) is 0 Å². The molecule has 2 N–H and O–H groups in total. The average molecular weight is 306 g/mol. The topological polar surface area (TPSA) is 57.2 Å². The third-order valence-electron chi connectivity index (χ3n) is 3.56. The molecule has 0 amide bonds. The van der Waals surface area contributed by atoms with E-state index in [1.807, 2.05) is 60.7 Å². The average Bonchev–Trinajstić information content (AvgIpc) is 2.58. The van der Waals surface area contributed by atoms with Crippen LogP contribution in [0, 0.1) is 0 Å². The van der Waals surface area contributed by atoms with Gasteiger partial charge in [-0.15, -0.1) is 0 Å². The van der Waals surface area contributed by atoms with Crippen LogP contribution in [0.3, 0.4) is 0 Å². The van der Waals surface area contributed by atoms with Crippen LogP contribution in [0.1, 0.15) is 11.1 Å². The summed E-state index contributed by atoms with van der Waals surface area (Å²) < 4.78 is 7.30. The number of pyridine rings is 1. The van der Waals surface area contributed by atoms with Crippen LogP contribution in [0.4, 0.5) is 5.69 Å². The van der Waals surface area contributed by atoms with Gasteiger partial charge in [-0.25, -0.2) is 0 Å². The molecule has 0 saturated heterocycles. The lowest BCUT2D eigenvalue weighted by molar-refractivity contribution is 0.299. The fourth-order valence-electron chi connectivity index (χ4n) is 2.30. The first-order chi connectivity index (χ1) is 11.2. The largest absolute Gasteiger partial charge is 0.483 e. The molecule has 0 radical (unpaired) electrons. The van der Waals surface area contributed by atoms with Gasteiger partial charge in [0, 0.05) is 11.9 Å². The first-order valence-corrected chi connectivity index (χ1v) is 7.43. The van der Waals surface area contributed by atoms with Crippen molar-refractivity contribution in [3.8, 4) is 5.75 Å². The van der Waals surface area contributed by atoms with E-state index in [2.05, 4.69) is 0 Å². The van der Waals surface area contributed by atoms with Crippen molar-refractivity contribution in [1.82, 2.24) is 4.57 Å². The molecule has 1 heterocycles. The van der Waals surface area contributed by atoms with Crippen molar-refractivity contribution in [2.45, 2.75) is 13.2 Å². The lowest BCUT2D eigenvalue weighted by atomic mass is 10.2. The molecule has 0 unspecified atom stereocenters. The minimum atomic E-state index is -0.139. The monoisotopic (exact) mass is 306 g/mol. The second kappa shape index (κ2) is 6.83. The van der Waals surface area contributed by atoms with Gasteiger partial charge in [-0.05, 0) is 35.4 Å². The van der Waals surface area contributed by atoms with Crippen LogP contribution in [-0.4, -0.2) is 4.57 Å². The van der Waals surface area contributed by atoms with Crippen LogP contribution >= 0.6 is 0 Å². The Balaban J connectivity index is 1.75. The van der Waals surface area contributed by atoms with Gasteiger partial charge in [0.2, 0.25) is 0 Å². The van der Waals surface area contributed by atoms with E-state index < -0.39 is 0 Å². The Morgan fingerprint density at radius 2 is 1.61 bits per heavy atom. The molecule has 4 heteroatoms. The van der Waals surface area contributed by atoms with Gasteiger partial charge >= 0.3 is 0 Å². The molecular formula is C19H18N2O2. The summed E-state index contributed by atoms with van der Waals surface area (Å²) in [6, 6.07) is 20.8. The van der Waals surface area contributed by atoms with E-state index in [-0.39, 0.29) is 5.56 Å². The predicted molar refractivity (Wildman–Crippen MR) is 91.4 cm³/mol. The SMILES string of the molecule is Nc1ccc(Cn2cccc(OCc3ccccc3)c2=O)cc1. The molecule has 0 aliphatic rings. The highest BCUT2D eigenvalue weighted by Gasteiger charge is 2.05. The highest BCUT2D eigenvalue weighted by atomic mass is 16.5. The summed E-state index contributed by atoms with van der Waals surface area (Å²) in [6.45, 7) is 0.865. The van der Waals surface area contributed by atoms with Gasteiger partial charge in [0.05, 0.1) is 6.54 Å². The number of aromatic nitrogens is 1. The molecule has 0 saturated carbocycles. The van der Waals surface area contributed by atoms with E-state index in [4.69, 9.17) is 10.5 Å². The number of nitrogens with two attached hydrogens (primary N) is 1. The maximum atomic E-state index is 12.5. The van der Waals surface area contributed by atoms with Crippen molar-refractivity contribution in [3.63, 3.8) is 0 Å². The van der Waals surface area contributed by atoms with Gasteiger partial charge in [-0.2, -0.15) is 0 Å². The third-order valence-corrected chi connectivity index (χ3v) is 3.56. The third kappa shape index (κ3) is 3.80. The molecule has 0 fully saturated rings. The molecule has 0 aliphatic heterocycles. The van der Waals surface area contributed by atoms with E-state index >= 15 is 0 Å². The summed E-state index contributed by atoms with van der Waals surface area (Å²) in [4.78, 5) is 12.5. The Hall–Kier alpha value is -3.01. The zero-order valence-electron chi connectivity index (χ0n) is 12.7. The fourth-order valence-corrected chi connectivity index (χ4v) is 2.30. The smallest absolute Gasteiger partial charge is 0.293 e. The Bertz CT molecular complexity index is 824. The number of ether oxygens (including phenoxy) is 1. The Morgan fingerprint density at radius 1 is 0.870 bits per heavy atom. The van der Waals surface area contributed by atoms with Crippen molar-refractivity contribution >= 4 is 5.69 Å². The summed E-state index contributed by atoms with van der Waals surface area (Å²) in [6.07, 6.45) is 1.76. The Morgan fingerprint density at radius 3 is 2.35 bits per heavy atom. The van der Waals surface area contributed by atoms with Crippen molar-refractivity contribution < 1.29 is 4.74 Å². The summed E-state index contributed by atoms with van der Waals surface area (Å²) in [7, 11) is 0. The minimum Gasteiger partial charge on any atom is -0.483 e. The lowest BCUT2D eigenvalue weighted by Crippen LogP contribution is -2.21. The van der Waals surface area contributed by atoms with Crippen LogP contribution in [0.2, 0.25) is 0 Å². The summed E-state index contributed by atoms with van der Waals surface area (Å²) >= 11 is 0. The fraction of sp³-hybridized carbons (Fsp3) is 0.105. The van der Waals surface area contributed by atoms with Crippen LogP contribution in [0.5, 0.6) is 5.75 Å². The molecule has 2 aromatic carbocycles. The Labute approximate surface area is 134 Å². The molecule has 0 aliphatic carbocycles. The van der Waals surface area contributed by atoms with E-state index in [9.17, 15) is 4.79 Å². The van der Waals surface area contributed by atoms with E-state index in [1.165, 1.54) is 0 Å². The molecule has 3 rings (SSSR count). The summed E-state index contributed by atoms with van der Waals surface area (Å²) in [5, 5.41) is 0. The first kappa shape index (κ1) is 14.9. The number of hydrogen-bond donors (Lipinski definition) is 1. The molecule has 0 bridgehead atoms. The van der Waals surface area contributed by atoms with Gasteiger partial charge in [0.1, 0.15) is 6.61 Å². The van der Waals surface area contributed by atoms with Crippen molar-refractivity contribution in [2.75, 3.05) is 5.73 Å². The number of nitrogens with zero attached hydrogens (tertiary/aromatic N) is 1. The summed E-state index contributed by atoms with van der Waals surface area (Å²) in [5.74, 6) is 0.354. The maximum absolute atomic E-state index is 12.5. The predicted octanol–water partition coefficient (Wildman–Crippen LogP) is 3.06. The van der Waals surface area contributed by atoms with Gasteiger partial charge in [-0.1, -0.05) is 42.5 Å². The standard InChI is InChI=1S/C19H18N2O2/c20-17-10-8-15(9-11-17)13-21-12-4-7-18(19(21)22)23-14-16-5-2-1-3-6-16/h1-12H,13-14,20H2. The summed E-state index contributed by atoms with van der Waals surface area (Å²) in [5.41, 5.74) is 8.29. The van der Waals surface area contributed by atoms with Gasteiger partial charge < -0.3 is 15.0 Å². The molecule has 116 valence electrons. The van der Waals surface area contributed by atoms with Crippen molar-refractivity contribution in [3.05, 3.63) is 94.4 Å². The highest BCUT2D eigenvalue weighted by Crippen LogP contribution is 2.10. The van der Waals surface area contributed by atoms with Gasteiger partial charge in [0.15, 0.2) is 5.75 Å². The van der Waals surface area contributed by atoms with Crippen LogP contribution < -0.4 is 16.0 Å². The molecule has 0 atom stereocenters. The number of nitrogen functional groups attached to an aromatic ring is 1.